The van der Waals surface area contributed by atoms with Crippen molar-refractivity contribution in [1.82, 2.24) is 0 Å². The lowest BCUT2D eigenvalue weighted by Gasteiger charge is -2.06. The van der Waals surface area contributed by atoms with Gasteiger partial charge in [-0.25, -0.2) is 0 Å². The van der Waals surface area contributed by atoms with Gasteiger partial charge in [0.05, 0.1) is 0 Å². The summed E-state index contributed by atoms with van der Waals surface area (Å²) in [7, 11) is 0. The average molecular weight is 268 g/mol. The molecule has 0 N–H and O–H groups in total. The first-order valence-corrected chi connectivity index (χ1v) is 8.76. The molecule has 1 rings (SSSR count). The van der Waals surface area contributed by atoms with Gasteiger partial charge in [0.15, 0.2) is 0 Å². The first kappa shape index (κ1) is 15.0. The molecule has 0 atom stereocenters. The van der Waals surface area contributed by atoms with Crippen LogP contribution in [0.1, 0.15) is 38.3 Å². The summed E-state index contributed by atoms with van der Waals surface area (Å²) in [5.41, 5.74) is 2.95. The van der Waals surface area contributed by atoms with Crippen molar-refractivity contribution in [3.05, 3.63) is 35.4 Å². The predicted octanol–water partition coefficient (Wildman–Crippen LogP) is 5.22. The Bertz CT molecular complexity index is 308. The summed E-state index contributed by atoms with van der Waals surface area (Å²) in [6.07, 6.45) is 1.27. The normalized spacial score (nSPS) is 11.1. The minimum absolute atomic E-state index is 0.795. The van der Waals surface area contributed by atoms with Crippen LogP contribution in [0, 0.1) is 5.92 Å². The molecule has 0 bridgehead atoms. The Morgan fingerprint density at radius 2 is 1.71 bits per heavy atom. The van der Waals surface area contributed by atoms with Crippen LogP contribution in [0.5, 0.6) is 0 Å². The maximum atomic E-state index is 2.37. The minimum atomic E-state index is 0.795. The van der Waals surface area contributed by atoms with E-state index >= 15 is 0 Å². The summed E-state index contributed by atoms with van der Waals surface area (Å²) in [5, 5.41) is 0. The molecule has 0 nitrogen and oxygen atoms in total. The molecule has 0 unspecified atom stereocenters. The van der Waals surface area contributed by atoms with Crippen LogP contribution in [0.4, 0.5) is 0 Å². The molecule has 0 spiro atoms. The van der Waals surface area contributed by atoms with E-state index in [-0.39, 0.29) is 0 Å². The number of thioether (sulfide) groups is 2. The number of rotatable bonds is 8. The van der Waals surface area contributed by atoms with Crippen molar-refractivity contribution < 1.29 is 0 Å². The summed E-state index contributed by atoms with van der Waals surface area (Å²) >= 11 is 4.08. The van der Waals surface area contributed by atoms with E-state index in [1.54, 1.807) is 0 Å². The lowest BCUT2D eigenvalue weighted by molar-refractivity contribution is 0.750. The largest absolute Gasteiger partial charge is 0.157 e. The van der Waals surface area contributed by atoms with Gasteiger partial charge in [-0.1, -0.05) is 45.0 Å². The maximum absolute atomic E-state index is 2.37. The van der Waals surface area contributed by atoms with Gasteiger partial charge in [0, 0.05) is 11.5 Å². The molecule has 0 heterocycles. The van der Waals surface area contributed by atoms with E-state index in [1.165, 1.54) is 29.1 Å². The van der Waals surface area contributed by atoms with E-state index in [1.807, 2.05) is 23.5 Å². The fourth-order valence-corrected chi connectivity index (χ4v) is 3.41. The van der Waals surface area contributed by atoms with Crippen molar-refractivity contribution in [2.75, 3.05) is 11.5 Å². The molecule has 0 aliphatic carbocycles. The zero-order valence-corrected chi connectivity index (χ0v) is 12.9. The molecule has 0 amide bonds. The van der Waals surface area contributed by atoms with Crippen molar-refractivity contribution in [3.63, 3.8) is 0 Å². The SMILES string of the molecule is CCCSCc1cccc(CSCC(C)C)c1. The molecule has 0 aliphatic rings. The van der Waals surface area contributed by atoms with Gasteiger partial charge in [-0.15, -0.1) is 0 Å². The molecule has 0 saturated heterocycles. The third kappa shape index (κ3) is 7.05. The number of hydrogen-bond donors (Lipinski definition) is 0. The van der Waals surface area contributed by atoms with Crippen molar-refractivity contribution in [2.24, 2.45) is 5.92 Å². The van der Waals surface area contributed by atoms with Gasteiger partial charge in [0.2, 0.25) is 0 Å². The summed E-state index contributed by atoms with van der Waals surface area (Å²) in [6, 6.07) is 9.07. The summed E-state index contributed by atoms with van der Waals surface area (Å²) in [6.45, 7) is 6.81. The van der Waals surface area contributed by atoms with Gasteiger partial charge >= 0.3 is 0 Å². The molecule has 0 aliphatic heterocycles. The maximum Gasteiger partial charge on any atom is 0.0184 e. The molecule has 0 aromatic heterocycles. The standard InChI is InChI=1S/C15H24S2/c1-4-8-16-11-14-6-5-7-15(9-14)12-17-10-13(2)3/h5-7,9,13H,4,8,10-12H2,1-3H3. The van der Waals surface area contributed by atoms with E-state index in [0.717, 1.165) is 17.4 Å². The lowest BCUT2D eigenvalue weighted by atomic mass is 10.2. The second-order valence-corrected chi connectivity index (χ2v) is 6.92. The first-order valence-electron chi connectivity index (χ1n) is 6.45. The number of benzene rings is 1. The van der Waals surface area contributed by atoms with E-state index < -0.39 is 0 Å². The van der Waals surface area contributed by atoms with Crippen LogP contribution in [0.3, 0.4) is 0 Å². The second kappa shape index (κ2) is 8.93. The van der Waals surface area contributed by atoms with Crippen LogP contribution in [0.2, 0.25) is 0 Å². The van der Waals surface area contributed by atoms with Gasteiger partial charge in [-0.2, -0.15) is 23.5 Å². The quantitative estimate of drug-likeness (QED) is 0.593. The molecular formula is C15H24S2. The lowest BCUT2D eigenvalue weighted by Crippen LogP contribution is -1.92. The molecule has 96 valence electrons. The molecule has 0 saturated carbocycles. The van der Waals surface area contributed by atoms with Crippen molar-refractivity contribution >= 4 is 23.5 Å². The van der Waals surface area contributed by atoms with Gasteiger partial charge in [-0.05, 0) is 35.0 Å². The average Bonchev–Trinajstić information content (AvgIpc) is 2.29. The Morgan fingerprint density at radius 3 is 2.29 bits per heavy atom. The summed E-state index contributed by atoms with van der Waals surface area (Å²) < 4.78 is 0. The van der Waals surface area contributed by atoms with Crippen LogP contribution in [0.25, 0.3) is 0 Å². The second-order valence-electron chi connectivity index (χ2n) is 4.78. The monoisotopic (exact) mass is 268 g/mol. The molecule has 1 aromatic rings. The van der Waals surface area contributed by atoms with Gasteiger partial charge in [-0.3, -0.25) is 0 Å². The Kier molecular flexibility index (Phi) is 7.87. The molecule has 2 heteroatoms. The van der Waals surface area contributed by atoms with E-state index in [4.69, 9.17) is 0 Å². The topological polar surface area (TPSA) is 0 Å². The summed E-state index contributed by atoms with van der Waals surface area (Å²) in [4.78, 5) is 0. The Morgan fingerprint density at radius 1 is 1.06 bits per heavy atom. The highest BCUT2D eigenvalue weighted by Gasteiger charge is 1.99. The fourth-order valence-electron chi connectivity index (χ4n) is 1.56. The molecule has 17 heavy (non-hydrogen) atoms. The fraction of sp³-hybridized carbons (Fsp3) is 0.600. The highest BCUT2D eigenvalue weighted by molar-refractivity contribution is 7.98. The van der Waals surface area contributed by atoms with Gasteiger partial charge < -0.3 is 0 Å². The van der Waals surface area contributed by atoms with E-state index in [0.29, 0.717) is 0 Å². The highest BCUT2D eigenvalue weighted by Crippen LogP contribution is 2.19. The summed E-state index contributed by atoms with van der Waals surface area (Å²) in [5.74, 6) is 5.64. The molecule has 1 aromatic carbocycles. The molecular weight excluding hydrogens is 244 g/mol. The van der Waals surface area contributed by atoms with Gasteiger partial charge in [0.1, 0.15) is 0 Å². The van der Waals surface area contributed by atoms with E-state index in [2.05, 4.69) is 45.0 Å². The third-order valence-corrected chi connectivity index (χ3v) is 5.00. The number of hydrogen-bond acceptors (Lipinski definition) is 2. The van der Waals surface area contributed by atoms with Crippen LogP contribution in [0.15, 0.2) is 24.3 Å². The van der Waals surface area contributed by atoms with Crippen LogP contribution in [-0.4, -0.2) is 11.5 Å². The van der Waals surface area contributed by atoms with E-state index in [9.17, 15) is 0 Å². The van der Waals surface area contributed by atoms with Crippen LogP contribution in [-0.2, 0) is 11.5 Å². The molecule has 0 radical (unpaired) electrons. The van der Waals surface area contributed by atoms with Crippen LogP contribution < -0.4 is 0 Å². The highest BCUT2D eigenvalue weighted by atomic mass is 32.2. The van der Waals surface area contributed by atoms with Crippen LogP contribution >= 0.6 is 23.5 Å². The molecule has 0 fully saturated rings. The van der Waals surface area contributed by atoms with Crippen molar-refractivity contribution in [2.45, 2.75) is 38.7 Å². The third-order valence-electron chi connectivity index (χ3n) is 2.33. The Labute approximate surface area is 115 Å². The van der Waals surface area contributed by atoms with Gasteiger partial charge in [0.25, 0.3) is 0 Å². The first-order chi connectivity index (χ1) is 8.22. The Hall–Kier alpha value is -0.0800. The zero-order chi connectivity index (χ0) is 12.5. The predicted molar refractivity (Wildman–Crippen MR) is 83.9 cm³/mol. The minimum Gasteiger partial charge on any atom is -0.157 e. The van der Waals surface area contributed by atoms with Crippen molar-refractivity contribution in [1.29, 1.82) is 0 Å². The zero-order valence-electron chi connectivity index (χ0n) is 11.2. The smallest absolute Gasteiger partial charge is 0.0184 e. The Balaban J connectivity index is 2.37. The van der Waals surface area contributed by atoms with Crippen molar-refractivity contribution in [3.8, 4) is 0 Å².